The van der Waals surface area contributed by atoms with Crippen LogP contribution in [0, 0.1) is 0 Å². The van der Waals surface area contributed by atoms with Gasteiger partial charge in [0.2, 0.25) is 0 Å². The van der Waals surface area contributed by atoms with Crippen LogP contribution in [-0.2, 0) is 4.79 Å². The summed E-state index contributed by atoms with van der Waals surface area (Å²) in [5, 5.41) is 12.7. The summed E-state index contributed by atoms with van der Waals surface area (Å²) in [6.45, 7) is 7.76. The summed E-state index contributed by atoms with van der Waals surface area (Å²) in [5.41, 5.74) is 0.860. The Morgan fingerprint density at radius 1 is 1.24 bits per heavy atom. The number of nitrogens with one attached hydrogen (secondary N) is 1. The Morgan fingerprint density at radius 2 is 1.86 bits per heavy atom. The number of aliphatic hydroxyl groups is 1. The van der Waals surface area contributed by atoms with E-state index in [0.717, 1.165) is 18.4 Å². The van der Waals surface area contributed by atoms with Crippen LogP contribution in [0.4, 0.5) is 0 Å². The number of hydrogen-bond acceptors (Lipinski definition) is 3. The first kappa shape index (κ1) is 17.5. The average Bonchev–Trinajstić information content (AvgIpc) is 2.47. The number of carbonyl (C=O) groups excluding carboxylic acids is 1. The molecule has 0 fully saturated rings. The molecule has 0 bridgehead atoms. The van der Waals surface area contributed by atoms with Crippen LogP contribution in [-0.4, -0.2) is 23.2 Å². The van der Waals surface area contributed by atoms with Gasteiger partial charge in [0.15, 0.2) is 6.10 Å². The van der Waals surface area contributed by atoms with Crippen molar-refractivity contribution in [2.75, 3.05) is 0 Å². The Hall–Kier alpha value is -1.55. The van der Waals surface area contributed by atoms with Crippen molar-refractivity contribution >= 4 is 5.91 Å². The third-order valence-corrected chi connectivity index (χ3v) is 3.44. The molecule has 0 heterocycles. The highest BCUT2D eigenvalue weighted by Gasteiger charge is 2.16. The minimum absolute atomic E-state index is 0.103. The fraction of sp³-hybridized carbons (Fsp3) is 0.588. The van der Waals surface area contributed by atoms with Crippen LogP contribution in [0.25, 0.3) is 0 Å². The minimum atomic E-state index is -0.536. The lowest BCUT2D eigenvalue weighted by Gasteiger charge is -2.18. The van der Waals surface area contributed by atoms with Gasteiger partial charge in [-0.15, -0.1) is 0 Å². The van der Waals surface area contributed by atoms with Gasteiger partial charge in [-0.1, -0.05) is 32.4 Å². The van der Waals surface area contributed by atoms with Gasteiger partial charge < -0.3 is 15.2 Å². The van der Waals surface area contributed by atoms with E-state index in [9.17, 15) is 9.90 Å². The lowest BCUT2D eigenvalue weighted by atomic mass is 10.1. The molecule has 0 radical (unpaired) electrons. The first-order valence-corrected chi connectivity index (χ1v) is 7.72. The number of carbonyl (C=O) groups is 1. The molecule has 1 rings (SSSR count). The summed E-state index contributed by atoms with van der Waals surface area (Å²) >= 11 is 0. The van der Waals surface area contributed by atoms with E-state index in [1.165, 1.54) is 0 Å². The Morgan fingerprint density at radius 3 is 2.38 bits per heavy atom. The Kier molecular flexibility index (Phi) is 7.23. The molecule has 0 aromatic heterocycles. The monoisotopic (exact) mass is 293 g/mol. The lowest BCUT2D eigenvalue weighted by molar-refractivity contribution is -0.127. The maximum Gasteiger partial charge on any atom is 0.260 e. The molecule has 0 saturated carbocycles. The average molecular weight is 293 g/mol. The molecule has 4 heteroatoms. The molecule has 1 aromatic carbocycles. The second-order valence-electron chi connectivity index (χ2n) is 5.45. The maximum absolute atomic E-state index is 12.0. The molecule has 0 aliphatic rings. The van der Waals surface area contributed by atoms with Crippen LogP contribution < -0.4 is 10.1 Å². The van der Waals surface area contributed by atoms with Crippen molar-refractivity contribution in [1.29, 1.82) is 0 Å². The second-order valence-corrected chi connectivity index (χ2v) is 5.45. The molecule has 2 N–H and O–H groups in total. The zero-order valence-electron chi connectivity index (χ0n) is 13.4. The molecular formula is C17H27NO3. The SMILES string of the molecule is CCCC(C)NC(=O)C(C)Oc1ccc([C@H](O)CC)cc1. The van der Waals surface area contributed by atoms with Crippen LogP contribution >= 0.6 is 0 Å². The van der Waals surface area contributed by atoms with Gasteiger partial charge in [-0.05, 0) is 44.4 Å². The molecule has 118 valence electrons. The number of rotatable bonds is 8. The van der Waals surface area contributed by atoms with Crippen LogP contribution in [0.3, 0.4) is 0 Å². The molecule has 0 aliphatic heterocycles. The molecule has 1 amide bonds. The van der Waals surface area contributed by atoms with Gasteiger partial charge in [0.1, 0.15) is 5.75 Å². The summed E-state index contributed by atoms with van der Waals surface area (Å²) in [4.78, 5) is 12.0. The van der Waals surface area contributed by atoms with E-state index in [-0.39, 0.29) is 11.9 Å². The van der Waals surface area contributed by atoms with Crippen LogP contribution in [0.15, 0.2) is 24.3 Å². The predicted molar refractivity (Wildman–Crippen MR) is 84.3 cm³/mol. The van der Waals surface area contributed by atoms with Gasteiger partial charge in [0, 0.05) is 6.04 Å². The molecular weight excluding hydrogens is 266 g/mol. The molecule has 0 saturated heterocycles. The zero-order valence-corrected chi connectivity index (χ0v) is 13.4. The molecule has 3 atom stereocenters. The van der Waals surface area contributed by atoms with Crippen LogP contribution in [0.1, 0.15) is 58.6 Å². The largest absolute Gasteiger partial charge is 0.481 e. The third-order valence-electron chi connectivity index (χ3n) is 3.44. The molecule has 0 aliphatic carbocycles. The highest BCUT2D eigenvalue weighted by molar-refractivity contribution is 5.80. The van der Waals surface area contributed by atoms with E-state index in [1.54, 1.807) is 19.1 Å². The maximum atomic E-state index is 12.0. The van der Waals surface area contributed by atoms with E-state index < -0.39 is 12.2 Å². The van der Waals surface area contributed by atoms with Crippen LogP contribution in [0.2, 0.25) is 0 Å². The van der Waals surface area contributed by atoms with Crippen molar-refractivity contribution in [3.05, 3.63) is 29.8 Å². The van der Waals surface area contributed by atoms with Crippen molar-refractivity contribution in [3.63, 3.8) is 0 Å². The molecule has 2 unspecified atom stereocenters. The number of amides is 1. The number of ether oxygens (including phenoxy) is 1. The van der Waals surface area contributed by atoms with E-state index in [1.807, 2.05) is 26.0 Å². The standard InChI is InChI=1S/C17H27NO3/c1-5-7-12(3)18-17(20)13(4)21-15-10-8-14(9-11-15)16(19)6-2/h8-13,16,19H,5-7H2,1-4H3,(H,18,20)/t12?,13?,16-/m1/s1. The van der Waals surface area contributed by atoms with E-state index >= 15 is 0 Å². The minimum Gasteiger partial charge on any atom is -0.481 e. The zero-order chi connectivity index (χ0) is 15.8. The van der Waals surface area contributed by atoms with E-state index in [4.69, 9.17) is 4.74 Å². The molecule has 1 aromatic rings. The van der Waals surface area contributed by atoms with Gasteiger partial charge in [-0.2, -0.15) is 0 Å². The van der Waals surface area contributed by atoms with Crippen molar-refractivity contribution < 1.29 is 14.6 Å². The van der Waals surface area contributed by atoms with Crippen molar-refractivity contribution in [2.24, 2.45) is 0 Å². The summed E-state index contributed by atoms with van der Waals surface area (Å²) in [5.74, 6) is 0.529. The predicted octanol–water partition coefficient (Wildman–Crippen LogP) is 3.20. The normalized spacial score (nSPS) is 15.1. The van der Waals surface area contributed by atoms with Crippen molar-refractivity contribution in [2.45, 2.75) is 65.2 Å². The molecule has 0 spiro atoms. The second kappa shape index (κ2) is 8.67. The molecule has 21 heavy (non-hydrogen) atoms. The number of hydrogen-bond donors (Lipinski definition) is 2. The fourth-order valence-electron chi connectivity index (χ4n) is 2.13. The van der Waals surface area contributed by atoms with Crippen LogP contribution in [0.5, 0.6) is 5.75 Å². The number of benzene rings is 1. The van der Waals surface area contributed by atoms with E-state index in [0.29, 0.717) is 12.2 Å². The molecule has 4 nitrogen and oxygen atoms in total. The van der Waals surface area contributed by atoms with Gasteiger partial charge in [-0.3, -0.25) is 4.79 Å². The van der Waals surface area contributed by atoms with Gasteiger partial charge in [0.05, 0.1) is 6.10 Å². The summed E-state index contributed by atoms with van der Waals surface area (Å²) in [7, 11) is 0. The first-order valence-electron chi connectivity index (χ1n) is 7.72. The smallest absolute Gasteiger partial charge is 0.260 e. The van der Waals surface area contributed by atoms with Crippen molar-refractivity contribution in [1.82, 2.24) is 5.32 Å². The fourth-order valence-corrected chi connectivity index (χ4v) is 2.13. The van der Waals surface area contributed by atoms with Gasteiger partial charge >= 0.3 is 0 Å². The highest BCUT2D eigenvalue weighted by atomic mass is 16.5. The van der Waals surface area contributed by atoms with E-state index in [2.05, 4.69) is 12.2 Å². The highest BCUT2D eigenvalue weighted by Crippen LogP contribution is 2.20. The summed E-state index contributed by atoms with van der Waals surface area (Å²) in [6.07, 6.45) is 1.69. The Bertz CT molecular complexity index is 430. The first-order chi connectivity index (χ1) is 9.97. The summed E-state index contributed by atoms with van der Waals surface area (Å²) < 4.78 is 5.63. The Labute approximate surface area is 127 Å². The number of aliphatic hydroxyl groups excluding tert-OH is 1. The third kappa shape index (κ3) is 5.76. The van der Waals surface area contributed by atoms with Gasteiger partial charge in [-0.25, -0.2) is 0 Å². The topological polar surface area (TPSA) is 58.6 Å². The van der Waals surface area contributed by atoms with Gasteiger partial charge in [0.25, 0.3) is 5.91 Å². The Balaban J connectivity index is 2.54. The summed E-state index contributed by atoms with van der Waals surface area (Å²) in [6, 6.07) is 7.39. The quantitative estimate of drug-likeness (QED) is 0.774. The lowest BCUT2D eigenvalue weighted by Crippen LogP contribution is -2.41. The van der Waals surface area contributed by atoms with Crippen molar-refractivity contribution in [3.8, 4) is 5.75 Å².